The number of likely N-dealkylation sites (N-methyl/N-ethyl adjacent to an activating group) is 1. The molecule has 3 N–H and O–H groups in total. The number of carbonyl (C=O) groups is 4. The molecule has 41 heavy (non-hydrogen) atoms. The largest absolute Gasteiger partial charge is 0.461 e. The molecule has 0 heterocycles. The predicted octanol–water partition coefficient (Wildman–Crippen LogP) is 3.80. The molecular formula is C32H43N3O6. The number of rotatable bonds is 15. The van der Waals surface area contributed by atoms with E-state index in [4.69, 9.17) is 9.47 Å². The van der Waals surface area contributed by atoms with E-state index in [1.165, 1.54) is 0 Å². The summed E-state index contributed by atoms with van der Waals surface area (Å²) >= 11 is 0. The summed E-state index contributed by atoms with van der Waals surface area (Å²) in [5.74, 6) is -1.96. The van der Waals surface area contributed by atoms with E-state index in [0.29, 0.717) is 13.0 Å². The van der Waals surface area contributed by atoms with Crippen LogP contribution < -0.4 is 16.0 Å². The van der Waals surface area contributed by atoms with Crippen molar-refractivity contribution in [2.75, 3.05) is 13.1 Å². The highest BCUT2D eigenvalue weighted by Gasteiger charge is 2.31. The highest BCUT2D eigenvalue weighted by Crippen LogP contribution is 2.27. The van der Waals surface area contributed by atoms with Crippen LogP contribution >= 0.6 is 0 Å². The van der Waals surface area contributed by atoms with Gasteiger partial charge < -0.3 is 25.4 Å². The summed E-state index contributed by atoms with van der Waals surface area (Å²) in [4.78, 5) is 52.0. The summed E-state index contributed by atoms with van der Waals surface area (Å²) in [5, 5.41) is 8.34. The summed E-state index contributed by atoms with van der Waals surface area (Å²) in [6, 6.07) is 16.4. The van der Waals surface area contributed by atoms with Crippen LogP contribution in [0, 0.1) is 5.92 Å². The zero-order chi connectivity index (χ0) is 29.3. The standard InChI is InChI=1S/C32H43N3O6/c1-2-33-21-29(36)34-27(20-30(37)40-22-25-15-9-5-10-16-25)31(38)35-28(19-24-13-7-3-4-8-14-24)32(39)41-23-26-17-11-6-12-18-26/h5-6,9-12,15-18,24,27-28,33H,2-4,7-8,13-14,19-23H2,1H3,(H,34,36)(H,35,38)/t27-,28-/m0/s1. The molecule has 1 aliphatic rings. The van der Waals surface area contributed by atoms with Crippen LogP contribution in [-0.4, -0.2) is 48.9 Å². The number of hydrogen-bond donors (Lipinski definition) is 3. The summed E-state index contributed by atoms with van der Waals surface area (Å²) in [7, 11) is 0. The van der Waals surface area contributed by atoms with Crippen molar-refractivity contribution < 1.29 is 28.7 Å². The Hall–Kier alpha value is -3.72. The minimum atomic E-state index is -1.21. The van der Waals surface area contributed by atoms with E-state index < -0.39 is 35.8 Å². The van der Waals surface area contributed by atoms with Crippen LogP contribution in [-0.2, 0) is 41.9 Å². The maximum absolute atomic E-state index is 13.5. The van der Waals surface area contributed by atoms with E-state index >= 15 is 0 Å². The lowest BCUT2D eigenvalue weighted by molar-refractivity contribution is -0.150. The van der Waals surface area contributed by atoms with Gasteiger partial charge in [0.25, 0.3) is 0 Å². The van der Waals surface area contributed by atoms with E-state index in [9.17, 15) is 19.2 Å². The third-order valence-electron chi connectivity index (χ3n) is 7.17. The van der Waals surface area contributed by atoms with Crippen LogP contribution in [0.1, 0.15) is 69.4 Å². The highest BCUT2D eigenvalue weighted by molar-refractivity contribution is 5.93. The molecule has 1 fully saturated rings. The Bertz CT molecular complexity index is 1090. The number of carbonyl (C=O) groups excluding carboxylic acids is 4. The Morgan fingerprint density at radius 3 is 1.95 bits per heavy atom. The van der Waals surface area contributed by atoms with Crippen LogP contribution in [0.15, 0.2) is 60.7 Å². The number of benzene rings is 2. The Morgan fingerprint density at radius 1 is 0.780 bits per heavy atom. The van der Waals surface area contributed by atoms with Crippen LogP contribution in [0.4, 0.5) is 0 Å². The summed E-state index contributed by atoms with van der Waals surface area (Å²) in [5.41, 5.74) is 1.65. The van der Waals surface area contributed by atoms with Gasteiger partial charge in [-0.25, -0.2) is 4.79 Å². The van der Waals surface area contributed by atoms with Gasteiger partial charge in [-0.2, -0.15) is 0 Å². The fourth-order valence-electron chi connectivity index (χ4n) is 4.91. The van der Waals surface area contributed by atoms with Gasteiger partial charge in [-0.05, 0) is 30.0 Å². The second-order valence-corrected chi connectivity index (χ2v) is 10.5. The average molecular weight is 566 g/mol. The van der Waals surface area contributed by atoms with Crippen molar-refractivity contribution in [2.45, 2.75) is 83.6 Å². The number of amides is 2. The Balaban J connectivity index is 1.69. The zero-order valence-corrected chi connectivity index (χ0v) is 23.9. The van der Waals surface area contributed by atoms with E-state index in [0.717, 1.165) is 49.7 Å². The van der Waals surface area contributed by atoms with Crippen molar-refractivity contribution in [3.63, 3.8) is 0 Å². The highest BCUT2D eigenvalue weighted by atomic mass is 16.5. The van der Waals surface area contributed by atoms with Crippen LogP contribution in [0.25, 0.3) is 0 Å². The number of ether oxygens (including phenoxy) is 2. The molecule has 2 amide bonds. The first-order chi connectivity index (χ1) is 19.9. The van der Waals surface area contributed by atoms with Crippen molar-refractivity contribution in [3.8, 4) is 0 Å². The molecule has 2 atom stereocenters. The maximum atomic E-state index is 13.5. The van der Waals surface area contributed by atoms with E-state index in [-0.39, 0.29) is 32.1 Å². The molecule has 3 rings (SSSR count). The third-order valence-corrected chi connectivity index (χ3v) is 7.17. The summed E-state index contributed by atoms with van der Waals surface area (Å²) < 4.78 is 11.0. The van der Waals surface area contributed by atoms with Crippen molar-refractivity contribution in [1.82, 2.24) is 16.0 Å². The van der Waals surface area contributed by atoms with Gasteiger partial charge in [-0.3, -0.25) is 14.4 Å². The number of nitrogens with one attached hydrogen (secondary N) is 3. The first kappa shape index (κ1) is 31.8. The van der Waals surface area contributed by atoms with Crippen molar-refractivity contribution in [3.05, 3.63) is 71.8 Å². The Morgan fingerprint density at radius 2 is 1.37 bits per heavy atom. The molecule has 9 nitrogen and oxygen atoms in total. The summed E-state index contributed by atoms with van der Waals surface area (Å²) in [6.45, 7) is 2.56. The molecule has 0 radical (unpaired) electrons. The Kier molecular flexibility index (Phi) is 13.9. The van der Waals surface area contributed by atoms with E-state index in [2.05, 4.69) is 16.0 Å². The lowest BCUT2D eigenvalue weighted by Gasteiger charge is -2.25. The molecule has 1 aliphatic carbocycles. The van der Waals surface area contributed by atoms with Gasteiger partial charge in [0.15, 0.2) is 0 Å². The van der Waals surface area contributed by atoms with Crippen molar-refractivity contribution >= 4 is 23.8 Å². The quantitative estimate of drug-likeness (QED) is 0.222. The molecule has 2 aromatic rings. The first-order valence-corrected chi connectivity index (χ1v) is 14.6. The van der Waals surface area contributed by atoms with E-state index in [1.54, 1.807) is 0 Å². The van der Waals surface area contributed by atoms with Crippen LogP contribution in [0.3, 0.4) is 0 Å². The molecule has 0 aliphatic heterocycles. The van der Waals surface area contributed by atoms with Gasteiger partial charge in [-0.15, -0.1) is 0 Å². The SMILES string of the molecule is CCNCC(=O)N[C@@H](CC(=O)OCc1ccccc1)C(=O)N[C@@H](CC1CCCCCC1)C(=O)OCc1ccccc1. The van der Waals surface area contributed by atoms with Crippen molar-refractivity contribution in [1.29, 1.82) is 0 Å². The van der Waals surface area contributed by atoms with Crippen molar-refractivity contribution in [2.24, 2.45) is 5.92 Å². The second-order valence-electron chi connectivity index (χ2n) is 10.5. The van der Waals surface area contributed by atoms with E-state index in [1.807, 2.05) is 67.6 Å². The van der Waals surface area contributed by atoms with Gasteiger partial charge in [0.05, 0.1) is 13.0 Å². The monoisotopic (exact) mass is 565 g/mol. The molecule has 0 saturated heterocycles. The number of hydrogen-bond acceptors (Lipinski definition) is 7. The lowest BCUT2D eigenvalue weighted by atomic mass is 9.92. The normalized spacial score (nSPS) is 15.1. The second kappa shape index (κ2) is 17.9. The molecule has 0 spiro atoms. The van der Waals surface area contributed by atoms with Crippen LogP contribution in [0.5, 0.6) is 0 Å². The minimum absolute atomic E-state index is 0.00996. The van der Waals surface area contributed by atoms with Gasteiger partial charge in [-0.1, -0.05) is 106 Å². The molecule has 2 aromatic carbocycles. The molecule has 1 saturated carbocycles. The average Bonchev–Trinajstić information content (AvgIpc) is 3.27. The molecule has 0 aromatic heterocycles. The fraction of sp³-hybridized carbons (Fsp3) is 0.500. The molecule has 9 heteroatoms. The van der Waals surface area contributed by atoms with Gasteiger partial charge in [0.1, 0.15) is 25.3 Å². The number of esters is 2. The topological polar surface area (TPSA) is 123 Å². The molecule has 0 bridgehead atoms. The van der Waals surface area contributed by atoms with Crippen LogP contribution in [0.2, 0.25) is 0 Å². The third kappa shape index (κ3) is 12.1. The predicted molar refractivity (Wildman–Crippen MR) is 155 cm³/mol. The minimum Gasteiger partial charge on any atom is -0.461 e. The molecule has 222 valence electrons. The van der Waals surface area contributed by atoms with Gasteiger partial charge in [0.2, 0.25) is 11.8 Å². The molecule has 0 unspecified atom stereocenters. The summed E-state index contributed by atoms with van der Waals surface area (Å²) in [6.07, 6.45) is 6.52. The zero-order valence-electron chi connectivity index (χ0n) is 23.9. The lowest BCUT2D eigenvalue weighted by Crippen LogP contribution is -2.54. The van der Waals surface area contributed by atoms with Gasteiger partial charge >= 0.3 is 11.9 Å². The Labute approximate surface area is 242 Å². The van der Waals surface area contributed by atoms with Gasteiger partial charge in [0, 0.05) is 0 Å². The maximum Gasteiger partial charge on any atom is 0.328 e. The first-order valence-electron chi connectivity index (χ1n) is 14.6. The fourth-order valence-corrected chi connectivity index (χ4v) is 4.91. The molecular weight excluding hydrogens is 522 g/mol. The smallest absolute Gasteiger partial charge is 0.328 e.